The molecule has 0 spiro atoms. The third-order valence-corrected chi connectivity index (χ3v) is 5.44. The summed E-state index contributed by atoms with van der Waals surface area (Å²) in [6, 6.07) is 13.8. The maximum Gasteiger partial charge on any atom is 0.254 e. The molecule has 0 saturated heterocycles. The molecule has 27 heavy (non-hydrogen) atoms. The quantitative estimate of drug-likeness (QED) is 0.675. The molecule has 0 bridgehead atoms. The Morgan fingerprint density at radius 1 is 1.07 bits per heavy atom. The number of carbonyl (C=O) groups excluding carboxylic acids is 1. The molecule has 2 aromatic rings. The van der Waals surface area contributed by atoms with E-state index in [1.807, 2.05) is 30.3 Å². The van der Waals surface area contributed by atoms with Gasteiger partial charge >= 0.3 is 0 Å². The number of amides is 1. The second-order valence-corrected chi connectivity index (χ2v) is 7.84. The summed E-state index contributed by atoms with van der Waals surface area (Å²) in [6.07, 6.45) is 3.25. The molecule has 2 rings (SSSR count). The summed E-state index contributed by atoms with van der Waals surface area (Å²) in [4.78, 5) is 14.4. The van der Waals surface area contributed by atoms with E-state index < -0.39 is 10.0 Å². The first kappa shape index (κ1) is 20.6. The minimum absolute atomic E-state index is 0.0598. The van der Waals surface area contributed by atoms with Gasteiger partial charge in [0.2, 0.25) is 10.0 Å². The average molecular weight is 385 g/mol. The lowest BCUT2D eigenvalue weighted by molar-refractivity contribution is 0.0790. The molecule has 1 amide bonds. The number of rotatable bonds is 9. The molecule has 0 radical (unpaired) electrons. The molecule has 2 aromatic carbocycles. The first-order chi connectivity index (χ1) is 12.9. The topological polar surface area (TPSA) is 66.5 Å². The van der Waals surface area contributed by atoms with Gasteiger partial charge < -0.3 is 4.90 Å². The third-order valence-electron chi connectivity index (χ3n) is 4.05. The van der Waals surface area contributed by atoms with Gasteiger partial charge in [0, 0.05) is 25.2 Å². The van der Waals surface area contributed by atoms with Crippen molar-refractivity contribution in [2.75, 3.05) is 13.1 Å². The molecule has 0 heterocycles. The Morgan fingerprint density at radius 3 is 2.30 bits per heavy atom. The predicted octanol–water partition coefficient (Wildman–Crippen LogP) is 3.29. The molecule has 0 aliphatic heterocycles. The van der Waals surface area contributed by atoms with Gasteiger partial charge in [-0.25, -0.2) is 13.1 Å². The van der Waals surface area contributed by atoms with Crippen molar-refractivity contribution in [2.24, 2.45) is 0 Å². The summed E-state index contributed by atoms with van der Waals surface area (Å²) < 4.78 is 27.9. The fraction of sp³-hybridized carbons (Fsp3) is 0.190. The molecule has 5 nitrogen and oxygen atoms in total. The van der Waals surface area contributed by atoms with Gasteiger partial charge in [-0.3, -0.25) is 4.79 Å². The summed E-state index contributed by atoms with van der Waals surface area (Å²) in [7, 11) is -3.74. The average Bonchev–Trinajstić information content (AvgIpc) is 2.67. The Kier molecular flexibility index (Phi) is 7.10. The smallest absolute Gasteiger partial charge is 0.254 e. The molecule has 0 fully saturated rings. The first-order valence-corrected chi connectivity index (χ1v) is 10.0. The molecule has 0 aliphatic carbocycles. The lowest BCUT2D eigenvalue weighted by atomic mass is 10.1. The molecule has 0 atom stereocenters. The molecule has 0 aliphatic rings. The van der Waals surface area contributed by atoms with Crippen LogP contribution in [0.4, 0.5) is 0 Å². The highest BCUT2D eigenvalue weighted by Crippen LogP contribution is 2.18. The Morgan fingerprint density at radius 2 is 1.70 bits per heavy atom. The summed E-state index contributed by atoms with van der Waals surface area (Å²) >= 11 is 0. The maximum atomic E-state index is 12.8. The van der Waals surface area contributed by atoms with Gasteiger partial charge in [-0.1, -0.05) is 48.6 Å². The zero-order valence-corrected chi connectivity index (χ0v) is 16.2. The van der Waals surface area contributed by atoms with Gasteiger partial charge in [0.1, 0.15) is 0 Å². The largest absolute Gasteiger partial charge is 0.331 e. The lowest BCUT2D eigenvalue weighted by Gasteiger charge is -2.21. The van der Waals surface area contributed by atoms with E-state index in [0.29, 0.717) is 24.2 Å². The van der Waals surface area contributed by atoms with Crippen molar-refractivity contribution in [3.05, 3.63) is 90.5 Å². The summed E-state index contributed by atoms with van der Waals surface area (Å²) in [6.45, 7) is 9.98. The van der Waals surface area contributed by atoms with Crippen LogP contribution in [-0.4, -0.2) is 32.3 Å². The Hall–Kier alpha value is -2.70. The first-order valence-electron chi connectivity index (χ1n) is 8.54. The van der Waals surface area contributed by atoms with E-state index in [1.54, 1.807) is 30.0 Å². The standard InChI is InChI=1S/C21H24N2O3S/c1-4-13-23(14-5-2)21(24)20-15-19(12-11-17(20)3)27(25,26)22-16-18-9-7-6-8-10-18/h4-12,15,22H,1-2,13-14,16H2,3H3. The van der Waals surface area contributed by atoms with Crippen molar-refractivity contribution >= 4 is 15.9 Å². The van der Waals surface area contributed by atoms with E-state index in [1.165, 1.54) is 12.1 Å². The number of carbonyl (C=O) groups is 1. The van der Waals surface area contributed by atoms with Gasteiger partial charge in [0.05, 0.1) is 4.90 Å². The van der Waals surface area contributed by atoms with E-state index in [0.717, 1.165) is 5.56 Å². The molecule has 142 valence electrons. The van der Waals surface area contributed by atoms with Crippen LogP contribution >= 0.6 is 0 Å². The summed E-state index contributed by atoms with van der Waals surface area (Å²) in [5.74, 6) is -0.257. The zero-order valence-electron chi connectivity index (χ0n) is 15.4. The predicted molar refractivity (Wildman–Crippen MR) is 108 cm³/mol. The molecule has 0 aromatic heterocycles. The normalized spacial score (nSPS) is 11.0. The Balaban J connectivity index is 2.28. The van der Waals surface area contributed by atoms with Gasteiger partial charge in [-0.2, -0.15) is 0 Å². The van der Waals surface area contributed by atoms with Crippen molar-refractivity contribution < 1.29 is 13.2 Å². The van der Waals surface area contributed by atoms with Crippen molar-refractivity contribution in [2.45, 2.75) is 18.4 Å². The van der Waals surface area contributed by atoms with Crippen LogP contribution < -0.4 is 4.72 Å². The van der Waals surface area contributed by atoms with Gasteiger partial charge in [0.25, 0.3) is 5.91 Å². The van der Waals surface area contributed by atoms with Crippen LogP contribution in [0.3, 0.4) is 0 Å². The lowest BCUT2D eigenvalue weighted by Crippen LogP contribution is -2.32. The number of nitrogens with one attached hydrogen (secondary N) is 1. The van der Waals surface area contributed by atoms with E-state index in [-0.39, 0.29) is 17.3 Å². The Labute approximate surface area is 161 Å². The number of hydrogen-bond acceptors (Lipinski definition) is 3. The van der Waals surface area contributed by atoms with Crippen molar-refractivity contribution in [3.63, 3.8) is 0 Å². The molecule has 1 N–H and O–H groups in total. The van der Waals surface area contributed by atoms with E-state index in [2.05, 4.69) is 17.9 Å². The summed E-state index contributed by atoms with van der Waals surface area (Å²) in [5.41, 5.74) is 1.91. The number of aryl methyl sites for hydroxylation is 1. The molecule has 0 saturated carbocycles. The van der Waals surface area contributed by atoms with E-state index in [4.69, 9.17) is 0 Å². The minimum Gasteiger partial charge on any atom is -0.331 e. The van der Waals surface area contributed by atoms with E-state index >= 15 is 0 Å². The van der Waals surface area contributed by atoms with Gasteiger partial charge in [-0.15, -0.1) is 13.2 Å². The fourth-order valence-electron chi connectivity index (χ4n) is 2.58. The highest BCUT2D eigenvalue weighted by Gasteiger charge is 2.20. The highest BCUT2D eigenvalue weighted by atomic mass is 32.2. The molecular formula is C21H24N2O3S. The van der Waals surface area contributed by atoms with Crippen LogP contribution in [0.25, 0.3) is 0 Å². The minimum atomic E-state index is -3.74. The van der Waals surface area contributed by atoms with Crippen LogP contribution in [0.5, 0.6) is 0 Å². The molecular weight excluding hydrogens is 360 g/mol. The van der Waals surface area contributed by atoms with Crippen LogP contribution in [0, 0.1) is 6.92 Å². The van der Waals surface area contributed by atoms with E-state index in [9.17, 15) is 13.2 Å². The molecule has 6 heteroatoms. The monoisotopic (exact) mass is 384 g/mol. The number of sulfonamides is 1. The maximum absolute atomic E-state index is 12.8. The van der Waals surface area contributed by atoms with Gasteiger partial charge in [0.15, 0.2) is 0 Å². The highest BCUT2D eigenvalue weighted by molar-refractivity contribution is 7.89. The fourth-order valence-corrected chi connectivity index (χ4v) is 3.62. The van der Waals surface area contributed by atoms with Crippen LogP contribution in [0.2, 0.25) is 0 Å². The van der Waals surface area contributed by atoms with Crippen molar-refractivity contribution in [1.29, 1.82) is 0 Å². The second kappa shape index (κ2) is 9.30. The Bertz CT molecular complexity index is 912. The second-order valence-electron chi connectivity index (χ2n) is 6.07. The van der Waals surface area contributed by atoms with Crippen LogP contribution in [0.1, 0.15) is 21.5 Å². The number of nitrogens with zero attached hydrogens (tertiary/aromatic N) is 1. The van der Waals surface area contributed by atoms with Gasteiger partial charge in [-0.05, 0) is 30.2 Å². The third kappa shape index (κ3) is 5.39. The molecule has 0 unspecified atom stereocenters. The number of benzene rings is 2. The summed E-state index contributed by atoms with van der Waals surface area (Å²) in [5, 5.41) is 0. The van der Waals surface area contributed by atoms with Crippen molar-refractivity contribution in [3.8, 4) is 0 Å². The zero-order chi connectivity index (χ0) is 19.9. The van der Waals surface area contributed by atoms with Crippen molar-refractivity contribution in [1.82, 2.24) is 9.62 Å². The SMILES string of the molecule is C=CCN(CC=C)C(=O)c1cc(S(=O)(=O)NCc2ccccc2)ccc1C. The van der Waals surface area contributed by atoms with Crippen LogP contribution in [-0.2, 0) is 16.6 Å². The number of hydrogen-bond donors (Lipinski definition) is 1. The van der Waals surface area contributed by atoms with Crippen LogP contribution in [0.15, 0.2) is 78.7 Å².